The van der Waals surface area contributed by atoms with Crippen molar-refractivity contribution >= 4 is 28.8 Å². The van der Waals surface area contributed by atoms with E-state index in [9.17, 15) is 0 Å². The van der Waals surface area contributed by atoms with E-state index in [0.29, 0.717) is 10.4 Å². The SMILES string of the molecule is S=c1[nH]nc2c3ccccc3nnn12. The van der Waals surface area contributed by atoms with E-state index >= 15 is 0 Å². The van der Waals surface area contributed by atoms with Crippen molar-refractivity contribution < 1.29 is 0 Å². The molecule has 0 aliphatic heterocycles. The van der Waals surface area contributed by atoms with Gasteiger partial charge in [-0.1, -0.05) is 17.3 Å². The Morgan fingerprint density at radius 3 is 3.07 bits per heavy atom. The van der Waals surface area contributed by atoms with Crippen molar-refractivity contribution in [3.05, 3.63) is 29.0 Å². The molecule has 2 heterocycles. The maximum Gasteiger partial charge on any atom is 0.218 e. The average Bonchev–Trinajstić information content (AvgIpc) is 2.61. The van der Waals surface area contributed by atoms with E-state index in [2.05, 4.69) is 20.5 Å². The van der Waals surface area contributed by atoms with Crippen LogP contribution in [0.2, 0.25) is 0 Å². The second-order valence-electron chi connectivity index (χ2n) is 2.87. The van der Waals surface area contributed by atoms with Crippen LogP contribution < -0.4 is 0 Å². The Kier molecular flexibility index (Phi) is 1.40. The number of aromatic amines is 1. The molecular weight excluding hydrogens is 198 g/mol. The van der Waals surface area contributed by atoms with Gasteiger partial charge in [-0.2, -0.15) is 9.61 Å². The van der Waals surface area contributed by atoms with Gasteiger partial charge in [-0.3, -0.25) is 0 Å². The Labute approximate surface area is 83.4 Å². The molecule has 1 N–H and O–H groups in total. The molecule has 0 saturated heterocycles. The maximum absolute atomic E-state index is 4.99. The summed E-state index contributed by atoms with van der Waals surface area (Å²) in [4.78, 5) is 0. The summed E-state index contributed by atoms with van der Waals surface area (Å²) in [6, 6.07) is 7.67. The maximum atomic E-state index is 4.99. The third-order valence-corrected chi connectivity index (χ3v) is 2.30. The molecule has 0 atom stereocenters. The minimum Gasteiger partial charge on any atom is -0.250 e. The highest BCUT2D eigenvalue weighted by atomic mass is 32.1. The number of nitrogens with zero attached hydrogens (tertiary/aromatic N) is 4. The van der Waals surface area contributed by atoms with Crippen LogP contribution in [0.25, 0.3) is 16.6 Å². The lowest BCUT2D eigenvalue weighted by atomic mass is 10.2. The zero-order valence-electron chi connectivity index (χ0n) is 7.01. The van der Waals surface area contributed by atoms with E-state index in [1.54, 1.807) is 0 Å². The zero-order valence-corrected chi connectivity index (χ0v) is 7.82. The third-order valence-electron chi connectivity index (χ3n) is 2.04. The fourth-order valence-corrected chi connectivity index (χ4v) is 1.56. The second kappa shape index (κ2) is 2.58. The van der Waals surface area contributed by atoms with Gasteiger partial charge in [0.05, 0.1) is 5.52 Å². The van der Waals surface area contributed by atoms with Crippen LogP contribution in [-0.4, -0.2) is 25.0 Å². The summed E-state index contributed by atoms with van der Waals surface area (Å²) in [6.45, 7) is 0. The van der Waals surface area contributed by atoms with E-state index in [0.717, 1.165) is 10.9 Å². The van der Waals surface area contributed by atoms with Crippen molar-refractivity contribution in [2.75, 3.05) is 0 Å². The molecule has 2 aromatic heterocycles. The first-order chi connectivity index (χ1) is 6.86. The largest absolute Gasteiger partial charge is 0.250 e. The van der Waals surface area contributed by atoms with Gasteiger partial charge in [0.2, 0.25) is 4.77 Å². The standard InChI is InChI=1S/C8H5N5S/c14-8-11-10-7-5-3-1-2-4-6(5)9-12-13(7)8/h1-4H,(H,11,14). The summed E-state index contributed by atoms with van der Waals surface area (Å²) in [5, 5.41) is 15.7. The molecule has 0 aliphatic rings. The average molecular weight is 203 g/mol. The number of benzene rings is 1. The van der Waals surface area contributed by atoms with Crippen LogP contribution in [-0.2, 0) is 0 Å². The molecule has 68 valence electrons. The molecule has 3 rings (SSSR count). The topological polar surface area (TPSA) is 58.9 Å². The fourth-order valence-electron chi connectivity index (χ4n) is 1.39. The van der Waals surface area contributed by atoms with E-state index in [4.69, 9.17) is 12.2 Å². The summed E-state index contributed by atoms with van der Waals surface area (Å²) in [6.07, 6.45) is 0. The van der Waals surface area contributed by atoms with Gasteiger partial charge in [-0.05, 0) is 24.4 Å². The molecule has 0 spiro atoms. The summed E-state index contributed by atoms with van der Waals surface area (Å²) in [5.74, 6) is 0. The number of hydrogen-bond acceptors (Lipinski definition) is 4. The molecule has 1 aromatic carbocycles. The van der Waals surface area contributed by atoms with E-state index < -0.39 is 0 Å². The quantitative estimate of drug-likeness (QED) is 0.560. The third kappa shape index (κ3) is 0.882. The summed E-state index contributed by atoms with van der Waals surface area (Å²) in [7, 11) is 0. The van der Waals surface area contributed by atoms with Crippen LogP contribution in [0, 0.1) is 4.77 Å². The Morgan fingerprint density at radius 2 is 2.14 bits per heavy atom. The normalized spacial score (nSPS) is 11.1. The van der Waals surface area contributed by atoms with Crippen LogP contribution >= 0.6 is 12.2 Å². The van der Waals surface area contributed by atoms with Gasteiger partial charge in [0.15, 0.2) is 5.65 Å². The lowest BCUT2D eigenvalue weighted by Gasteiger charge is -1.95. The Balaban J connectivity index is 2.68. The predicted octanol–water partition coefficient (Wildman–Crippen LogP) is 1.34. The van der Waals surface area contributed by atoms with Crippen LogP contribution in [0.1, 0.15) is 0 Å². The minimum atomic E-state index is 0.457. The number of nitrogens with one attached hydrogen (secondary N) is 1. The van der Waals surface area contributed by atoms with Crippen molar-refractivity contribution in [2.24, 2.45) is 0 Å². The van der Waals surface area contributed by atoms with Crippen molar-refractivity contribution in [2.45, 2.75) is 0 Å². The van der Waals surface area contributed by atoms with Crippen molar-refractivity contribution in [3.63, 3.8) is 0 Å². The molecule has 14 heavy (non-hydrogen) atoms. The highest BCUT2D eigenvalue weighted by Crippen LogP contribution is 2.13. The predicted molar refractivity (Wildman–Crippen MR) is 53.5 cm³/mol. The summed E-state index contributed by atoms with van der Waals surface area (Å²) >= 11 is 4.99. The van der Waals surface area contributed by atoms with Crippen molar-refractivity contribution in [3.8, 4) is 0 Å². The van der Waals surface area contributed by atoms with E-state index in [-0.39, 0.29) is 0 Å². The molecule has 0 aliphatic carbocycles. The van der Waals surface area contributed by atoms with E-state index in [1.165, 1.54) is 4.52 Å². The second-order valence-corrected chi connectivity index (χ2v) is 3.26. The van der Waals surface area contributed by atoms with Crippen LogP contribution in [0.5, 0.6) is 0 Å². The van der Waals surface area contributed by atoms with Gasteiger partial charge in [-0.25, -0.2) is 5.10 Å². The zero-order chi connectivity index (χ0) is 9.54. The van der Waals surface area contributed by atoms with Crippen molar-refractivity contribution in [1.29, 1.82) is 0 Å². The van der Waals surface area contributed by atoms with Gasteiger partial charge >= 0.3 is 0 Å². The van der Waals surface area contributed by atoms with Gasteiger partial charge in [0, 0.05) is 5.39 Å². The fraction of sp³-hybridized carbons (Fsp3) is 0. The highest BCUT2D eigenvalue weighted by Gasteiger charge is 2.04. The first-order valence-corrected chi connectivity index (χ1v) is 4.46. The Morgan fingerprint density at radius 1 is 1.29 bits per heavy atom. The molecule has 0 unspecified atom stereocenters. The van der Waals surface area contributed by atoms with Crippen LogP contribution in [0.15, 0.2) is 24.3 Å². The lowest BCUT2D eigenvalue weighted by Crippen LogP contribution is -1.95. The number of H-pyrrole nitrogens is 1. The van der Waals surface area contributed by atoms with Gasteiger partial charge in [-0.15, -0.1) is 5.10 Å². The number of hydrogen-bond donors (Lipinski definition) is 1. The van der Waals surface area contributed by atoms with Crippen LogP contribution in [0.3, 0.4) is 0 Å². The van der Waals surface area contributed by atoms with E-state index in [1.807, 2.05) is 24.3 Å². The first-order valence-electron chi connectivity index (χ1n) is 4.05. The Bertz CT molecular complexity index is 668. The Hall–Kier alpha value is -1.82. The van der Waals surface area contributed by atoms with Crippen molar-refractivity contribution in [1.82, 2.24) is 25.0 Å². The smallest absolute Gasteiger partial charge is 0.218 e. The molecule has 6 heteroatoms. The first kappa shape index (κ1) is 7.57. The molecule has 0 saturated carbocycles. The molecule has 0 fully saturated rings. The van der Waals surface area contributed by atoms with Gasteiger partial charge in [0.25, 0.3) is 0 Å². The van der Waals surface area contributed by atoms with Crippen LogP contribution in [0.4, 0.5) is 0 Å². The lowest BCUT2D eigenvalue weighted by molar-refractivity contribution is 0.813. The number of rotatable bonds is 0. The number of fused-ring (bicyclic) bond motifs is 3. The molecule has 5 nitrogen and oxygen atoms in total. The highest BCUT2D eigenvalue weighted by molar-refractivity contribution is 7.71. The molecule has 0 radical (unpaired) electrons. The monoisotopic (exact) mass is 203 g/mol. The minimum absolute atomic E-state index is 0.457. The summed E-state index contributed by atoms with van der Waals surface area (Å²) in [5.41, 5.74) is 1.52. The molecule has 0 amide bonds. The number of aromatic nitrogens is 5. The summed E-state index contributed by atoms with van der Waals surface area (Å²) < 4.78 is 1.97. The molecule has 0 bridgehead atoms. The molecular formula is C8H5N5S. The van der Waals surface area contributed by atoms with Gasteiger partial charge in [0.1, 0.15) is 0 Å². The van der Waals surface area contributed by atoms with Gasteiger partial charge < -0.3 is 0 Å². The molecule has 3 aromatic rings.